The number of rotatable bonds is 3. The van der Waals surface area contributed by atoms with Crippen LogP contribution >= 0.6 is 23.8 Å². The maximum atomic E-state index is 13.1. The van der Waals surface area contributed by atoms with Crippen molar-refractivity contribution >= 4 is 52.5 Å². The summed E-state index contributed by atoms with van der Waals surface area (Å²) in [4.78, 5) is 26.8. The van der Waals surface area contributed by atoms with Gasteiger partial charge in [0.2, 0.25) is 0 Å². The first-order valence-electron chi connectivity index (χ1n) is 8.77. The minimum atomic E-state index is -0.564. The Bertz CT molecular complexity index is 1180. The quantitative estimate of drug-likeness (QED) is 0.376. The number of amides is 2. The minimum Gasteiger partial charge on any atom is -0.457 e. The highest BCUT2D eigenvalue weighted by Gasteiger charge is 2.35. The van der Waals surface area contributed by atoms with Crippen molar-refractivity contribution in [2.45, 2.75) is 6.92 Å². The van der Waals surface area contributed by atoms with Crippen molar-refractivity contribution in [2.24, 2.45) is 0 Å². The van der Waals surface area contributed by atoms with Gasteiger partial charge < -0.3 is 4.42 Å². The highest BCUT2D eigenvalue weighted by molar-refractivity contribution is 7.80. The van der Waals surface area contributed by atoms with E-state index in [2.05, 4.69) is 5.32 Å². The Kier molecular flexibility index (Phi) is 5.05. The fraction of sp³-hybridized carbons (Fsp3) is 0.0455. The molecule has 0 unspecified atom stereocenters. The molecule has 2 heterocycles. The SMILES string of the molecule is Cc1ccccc1N1C(=O)/C(=C/c2ccc(-c3cccc(Cl)c3)o2)C(=O)NC1=S. The van der Waals surface area contributed by atoms with Gasteiger partial charge in [-0.15, -0.1) is 0 Å². The maximum absolute atomic E-state index is 13.1. The number of benzene rings is 2. The first kappa shape index (κ1) is 19.1. The Morgan fingerprint density at radius 1 is 1.07 bits per heavy atom. The number of nitrogens with zero attached hydrogens (tertiary/aromatic N) is 1. The van der Waals surface area contributed by atoms with E-state index in [1.54, 1.807) is 30.3 Å². The Morgan fingerprint density at radius 3 is 2.62 bits per heavy atom. The summed E-state index contributed by atoms with van der Waals surface area (Å²) in [5.41, 5.74) is 2.21. The number of para-hydroxylation sites is 1. The fourth-order valence-electron chi connectivity index (χ4n) is 3.06. The molecule has 5 nitrogen and oxygen atoms in total. The predicted molar refractivity (Wildman–Crippen MR) is 117 cm³/mol. The molecule has 2 amide bonds. The highest BCUT2D eigenvalue weighted by Crippen LogP contribution is 2.28. The summed E-state index contributed by atoms with van der Waals surface area (Å²) in [5, 5.41) is 3.20. The van der Waals surface area contributed by atoms with E-state index in [1.807, 2.05) is 37.3 Å². The van der Waals surface area contributed by atoms with Crippen LogP contribution in [0.5, 0.6) is 0 Å². The first-order valence-corrected chi connectivity index (χ1v) is 9.55. The molecule has 0 radical (unpaired) electrons. The van der Waals surface area contributed by atoms with Crippen LogP contribution in [0.1, 0.15) is 11.3 Å². The van der Waals surface area contributed by atoms with Crippen molar-refractivity contribution < 1.29 is 14.0 Å². The second-order valence-corrected chi connectivity index (χ2v) is 7.28. The third-order valence-corrected chi connectivity index (χ3v) is 5.00. The van der Waals surface area contributed by atoms with Crippen LogP contribution in [0.4, 0.5) is 5.69 Å². The summed E-state index contributed by atoms with van der Waals surface area (Å²) in [6, 6.07) is 18.0. The zero-order chi connectivity index (χ0) is 20.5. The van der Waals surface area contributed by atoms with Crippen LogP contribution < -0.4 is 10.2 Å². The second kappa shape index (κ2) is 7.66. The van der Waals surface area contributed by atoms with Crippen LogP contribution in [-0.4, -0.2) is 16.9 Å². The summed E-state index contributed by atoms with van der Waals surface area (Å²) < 4.78 is 5.80. The van der Waals surface area contributed by atoms with E-state index in [0.29, 0.717) is 22.2 Å². The third-order valence-electron chi connectivity index (χ3n) is 4.48. The van der Waals surface area contributed by atoms with E-state index in [9.17, 15) is 9.59 Å². The molecule has 1 N–H and O–H groups in total. The average molecular weight is 423 g/mol. The average Bonchev–Trinajstić information content (AvgIpc) is 3.15. The zero-order valence-corrected chi connectivity index (χ0v) is 16.9. The number of hydrogen-bond acceptors (Lipinski definition) is 4. The Morgan fingerprint density at radius 2 is 1.86 bits per heavy atom. The molecule has 1 aromatic heterocycles. The number of anilines is 1. The lowest BCUT2D eigenvalue weighted by atomic mass is 10.1. The van der Waals surface area contributed by atoms with E-state index in [0.717, 1.165) is 11.1 Å². The topological polar surface area (TPSA) is 62.6 Å². The van der Waals surface area contributed by atoms with Gasteiger partial charge in [0.05, 0.1) is 5.69 Å². The number of thiocarbonyl (C=S) groups is 1. The van der Waals surface area contributed by atoms with E-state index in [-0.39, 0.29) is 10.7 Å². The molecule has 1 aliphatic rings. The van der Waals surface area contributed by atoms with Crippen LogP contribution in [0.3, 0.4) is 0 Å². The van der Waals surface area contributed by atoms with Crippen molar-refractivity contribution in [3.05, 3.63) is 82.6 Å². The molecule has 1 saturated heterocycles. The van der Waals surface area contributed by atoms with Crippen molar-refractivity contribution in [2.75, 3.05) is 4.90 Å². The standard InChI is InChI=1S/C22H15ClN2O3S/c1-13-5-2-3-8-18(13)25-21(27)17(20(26)24-22(25)29)12-16-9-10-19(28-16)14-6-4-7-15(23)11-14/h2-12H,1H3,(H,24,26,29)/b17-12+. The molecule has 2 aromatic carbocycles. The van der Waals surface area contributed by atoms with Crippen molar-refractivity contribution in [1.29, 1.82) is 0 Å². The normalized spacial score (nSPS) is 15.7. The lowest BCUT2D eigenvalue weighted by Crippen LogP contribution is -2.54. The summed E-state index contributed by atoms with van der Waals surface area (Å²) in [5.74, 6) is -0.121. The maximum Gasteiger partial charge on any atom is 0.270 e. The molecule has 0 atom stereocenters. The first-order chi connectivity index (χ1) is 13.9. The van der Waals surface area contributed by atoms with Gasteiger partial charge in [0.25, 0.3) is 11.8 Å². The van der Waals surface area contributed by atoms with E-state index in [1.165, 1.54) is 11.0 Å². The monoisotopic (exact) mass is 422 g/mol. The van der Waals surface area contributed by atoms with Crippen LogP contribution in [-0.2, 0) is 9.59 Å². The number of hydrogen-bond donors (Lipinski definition) is 1. The molecule has 1 aliphatic heterocycles. The number of nitrogens with one attached hydrogen (secondary N) is 1. The molecule has 0 aliphatic carbocycles. The number of furan rings is 1. The van der Waals surface area contributed by atoms with Crippen LogP contribution in [0.2, 0.25) is 5.02 Å². The molecular weight excluding hydrogens is 408 g/mol. The molecule has 3 aromatic rings. The Labute approximate surface area is 177 Å². The lowest BCUT2D eigenvalue weighted by molar-refractivity contribution is -0.122. The number of carbonyl (C=O) groups is 2. The molecule has 7 heteroatoms. The molecule has 0 bridgehead atoms. The van der Waals surface area contributed by atoms with E-state index >= 15 is 0 Å². The summed E-state index contributed by atoms with van der Waals surface area (Å²) in [6.07, 6.45) is 1.42. The van der Waals surface area contributed by atoms with Gasteiger partial charge >= 0.3 is 0 Å². The van der Waals surface area contributed by atoms with Gasteiger partial charge in [0.15, 0.2) is 5.11 Å². The highest BCUT2D eigenvalue weighted by atomic mass is 35.5. The van der Waals surface area contributed by atoms with Gasteiger partial charge in [-0.05, 0) is 61.1 Å². The van der Waals surface area contributed by atoms with Crippen LogP contribution in [0.25, 0.3) is 17.4 Å². The van der Waals surface area contributed by atoms with Crippen molar-refractivity contribution in [3.8, 4) is 11.3 Å². The van der Waals surface area contributed by atoms with Gasteiger partial charge in [-0.3, -0.25) is 19.8 Å². The number of carbonyl (C=O) groups excluding carboxylic acids is 2. The molecule has 4 rings (SSSR count). The second-order valence-electron chi connectivity index (χ2n) is 6.46. The summed E-state index contributed by atoms with van der Waals surface area (Å²) in [7, 11) is 0. The van der Waals surface area contributed by atoms with E-state index < -0.39 is 11.8 Å². The third kappa shape index (κ3) is 3.72. The van der Waals surface area contributed by atoms with Gasteiger partial charge in [-0.2, -0.15) is 0 Å². The largest absolute Gasteiger partial charge is 0.457 e. The number of halogens is 1. The summed E-state index contributed by atoms with van der Waals surface area (Å²) in [6.45, 7) is 1.87. The molecule has 144 valence electrons. The van der Waals surface area contributed by atoms with E-state index in [4.69, 9.17) is 28.2 Å². The Balaban J connectivity index is 1.70. The van der Waals surface area contributed by atoms with Gasteiger partial charge in [0.1, 0.15) is 17.1 Å². The van der Waals surface area contributed by atoms with Crippen molar-refractivity contribution in [3.63, 3.8) is 0 Å². The predicted octanol–water partition coefficient (Wildman–Crippen LogP) is 4.74. The van der Waals surface area contributed by atoms with Gasteiger partial charge in [0, 0.05) is 10.6 Å². The van der Waals surface area contributed by atoms with Crippen molar-refractivity contribution in [1.82, 2.24) is 5.32 Å². The number of aryl methyl sites for hydroxylation is 1. The van der Waals surface area contributed by atoms with Gasteiger partial charge in [-0.1, -0.05) is 41.9 Å². The molecule has 0 saturated carbocycles. The molecule has 0 spiro atoms. The minimum absolute atomic E-state index is 0.0468. The van der Waals surface area contributed by atoms with Gasteiger partial charge in [-0.25, -0.2) is 0 Å². The van der Waals surface area contributed by atoms with Crippen LogP contribution in [0, 0.1) is 6.92 Å². The molecule has 29 heavy (non-hydrogen) atoms. The molecule has 1 fully saturated rings. The van der Waals surface area contributed by atoms with Crippen LogP contribution in [0.15, 0.2) is 70.7 Å². The smallest absolute Gasteiger partial charge is 0.270 e. The zero-order valence-electron chi connectivity index (χ0n) is 15.3. The lowest BCUT2D eigenvalue weighted by Gasteiger charge is -2.29. The Hall–Kier alpha value is -3.22. The fourth-order valence-corrected chi connectivity index (χ4v) is 3.52. The molecular formula is C22H15ClN2O3S. The summed E-state index contributed by atoms with van der Waals surface area (Å²) >= 11 is 11.3.